The van der Waals surface area contributed by atoms with E-state index in [9.17, 15) is 4.79 Å². The molecule has 2 nitrogen and oxygen atoms in total. The molecular weight excluding hydrogens is 182 g/mol. The highest BCUT2D eigenvalue weighted by molar-refractivity contribution is 7.99. The number of carbonyl (C=O) groups excluding carboxylic acids is 1. The molecule has 0 N–H and O–H groups in total. The Bertz CT molecular complexity index is 183. The van der Waals surface area contributed by atoms with Crippen molar-refractivity contribution in [3.8, 4) is 0 Å². The Morgan fingerprint density at radius 3 is 2.77 bits per heavy atom. The van der Waals surface area contributed by atoms with E-state index in [-0.39, 0.29) is 0 Å². The highest BCUT2D eigenvalue weighted by Crippen LogP contribution is 2.28. The van der Waals surface area contributed by atoms with Crippen molar-refractivity contribution in [2.45, 2.75) is 32.1 Å². The zero-order valence-electron chi connectivity index (χ0n) is 8.00. The number of hydrogen-bond donors (Lipinski definition) is 0. The number of rotatable bonds is 2. The molecule has 0 radical (unpaired) electrons. The van der Waals surface area contributed by atoms with Crippen LogP contribution in [0.2, 0.25) is 0 Å². The van der Waals surface area contributed by atoms with Crippen LogP contribution in [0.1, 0.15) is 32.1 Å². The van der Waals surface area contributed by atoms with Crippen LogP contribution in [0.15, 0.2) is 0 Å². The van der Waals surface area contributed by atoms with Crippen molar-refractivity contribution in [2.75, 3.05) is 18.2 Å². The molecule has 2 rings (SSSR count). The lowest BCUT2D eigenvalue weighted by Gasteiger charge is -2.16. The minimum Gasteiger partial charge on any atom is -0.333 e. The van der Waals surface area contributed by atoms with Gasteiger partial charge in [0.05, 0.1) is 5.88 Å². The van der Waals surface area contributed by atoms with Gasteiger partial charge in [-0.05, 0) is 18.8 Å². The topological polar surface area (TPSA) is 20.3 Å². The van der Waals surface area contributed by atoms with E-state index in [4.69, 9.17) is 0 Å². The molecule has 0 aromatic rings. The second-order valence-corrected chi connectivity index (χ2v) is 5.12. The summed E-state index contributed by atoms with van der Waals surface area (Å²) in [5, 5.41) is 0. The van der Waals surface area contributed by atoms with Crippen LogP contribution >= 0.6 is 11.8 Å². The standard InChI is InChI=1S/C10H17NOS/c12-10(11-5-6-13-8-11)7-9-3-1-2-4-9/h9H,1-8H2. The number of amides is 1. The minimum absolute atomic E-state index is 0.400. The first kappa shape index (κ1) is 9.38. The number of hydrogen-bond acceptors (Lipinski definition) is 2. The van der Waals surface area contributed by atoms with E-state index < -0.39 is 0 Å². The fourth-order valence-corrected chi connectivity index (χ4v) is 3.17. The predicted molar refractivity (Wildman–Crippen MR) is 55.6 cm³/mol. The lowest BCUT2D eigenvalue weighted by atomic mass is 10.0. The van der Waals surface area contributed by atoms with E-state index in [1.54, 1.807) is 0 Å². The Labute approximate surface area is 84.1 Å². The molecule has 0 aromatic carbocycles. The van der Waals surface area contributed by atoms with Gasteiger partial charge in [0, 0.05) is 18.7 Å². The second kappa shape index (κ2) is 4.36. The van der Waals surface area contributed by atoms with Crippen molar-refractivity contribution in [1.82, 2.24) is 4.90 Å². The summed E-state index contributed by atoms with van der Waals surface area (Å²) in [5.41, 5.74) is 0. The molecule has 1 heterocycles. The third kappa shape index (κ3) is 2.39. The molecule has 1 saturated heterocycles. The highest BCUT2D eigenvalue weighted by Gasteiger charge is 2.23. The SMILES string of the molecule is O=C(CC1CCCC1)N1CCSC1. The Morgan fingerprint density at radius 1 is 1.38 bits per heavy atom. The Balaban J connectivity index is 1.76. The van der Waals surface area contributed by atoms with Crippen LogP contribution in [-0.2, 0) is 4.79 Å². The van der Waals surface area contributed by atoms with Gasteiger partial charge in [-0.25, -0.2) is 0 Å². The summed E-state index contributed by atoms with van der Waals surface area (Å²) in [6.45, 7) is 0.982. The summed E-state index contributed by atoms with van der Waals surface area (Å²) in [6, 6.07) is 0. The molecule has 0 spiro atoms. The van der Waals surface area contributed by atoms with Crippen LogP contribution < -0.4 is 0 Å². The Hall–Kier alpha value is -0.180. The Morgan fingerprint density at radius 2 is 2.15 bits per heavy atom. The van der Waals surface area contributed by atoms with Gasteiger partial charge >= 0.3 is 0 Å². The van der Waals surface area contributed by atoms with Gasteiger partial charge in [-0.2, -0.15) is 0 Å². The molecule has 2 aliphatic rings. The molecule has 2 fully saturated rings. The van der Waals surface area contributed by atoms with E-state index in [1.807, 2.05) is 16.7 Å². The average molecular weight is 199 g/mol. The molecule has 1 aliphatic heterocycles. The summed E-state index contributed by atoms with van der Waals surface area (Å²) < 4.78 is 0. The maximum atomic E-state index is 11.7. The van der Waals surface area contributed by atoms with E-state index in [0.717, 1.165) is 24.6 Å². The van der Waals surface area contributed by atoms with E-state index in [2.05, 4.69) is 0 Å². The molecule has 0 atom stereocenters. The van der Waals surface area contributed by atoms with Gasteiger partial charge in [0.25, 0.3) is 0 Å². The third-order valence-electron chi connectivity index (χ3n) is 3.04. The van der Waals surface area contributed by atoms with Crippen LogP contribution in [0.4, 0.5) is 0 Å². The molecule has 1 amide bonds. The van der Waals surface area contributed by atoms with Gasteiger partial charge in [0.2, 0.25) is 5.91 Å². The average Bonchev–Trinajstić information content (AvgIpc) is 2.74. The minimum atomic E-state index is 0.400. The first-order valence-corrected chi connectivity index (χ1v) is 6.37. The summed E-state index contributed by atoms with van der Waals surface area (Å²) >= 11 is 1.87. The van der Waals surface area contributed by atoms with Crippen molar-refractivity contribution >= 4 is 17.7 Å². The quantitative estimate of drug-likeness (QED) is 0.679. The monoisotopic (exact) mass is 199 g/mol. The van der Waals surface area contributed by atoms with Crippen molar-refractivity contribution in [3.63, 3.8) is 0 Å². The Kier molecular flexibility index (Phi) is 3.14. The molecule has 1 saturated carbocycles. The van der Waals surface area contributed by atoms with E-state index in [1.165, 1.54) is 25.7 Å². The zero-order valence-corrected chi connectivity index (χ0v) is 8.81. The van der Waals surface area contributed by atoms with Gasteiger partial charge < -0.3 is 4.90 Å². The maximum absolute atomic E-state index is 11.7. The third-order valence-corrected chi connectivity index (χ3v) is 4.01. The number of carbonyl (C=O) groups is 1. The van der Waals surface area contributed by atoms with Crippen LogP contribution in [0.5, 0.6) is 0 Å². The lowest BCUT2D eigenvalue weighted by Crippen LogP contribution is -2.29. The summed E-state index contributed by atoms with van der Waals surface area (Å²) in [5.74, 6) is 3.18. The van der Waals surface area contributed by atoms with Crippen LogP contribution in [0.3, 0.4) is 0 Å². The molecule has 0 bridgehead atoms. The van der Waals surface area contributed by atoms with E-state index >= 15 is 0 Å². The molecule has 3 heteroatoms. The van der Waals surface area contributed by atoms with Crippen LogP contribution in [0.25, 0.3) is 0 Å². The molecule has 0 unspecified atom stereocenters. The second-order valence-electron chi connectivity index (χ2n) is 4.05. The van der Waals surface area contributed by atoms with Crippen molar-refractivity contribution in [2.24, 2.45) is 5.92 Å². The number of thioether (sulfide) groups is 1. The van der Waals surface area contributed by atoms with E-state index in [0.29, 0.717) is 11.8 Å². The summed E-state index contributed by atoms with van der Waals surface area (Å²) in [6.07, 6.45) is 6.07. The van der Waals surface area contributed by atoms with Gasteiger partial charge in [0.1, 0.15) is 0 Å². The van der Waals surface area contributed by atoms with Crippen molar-refractivity contribution in [3.05, 3.63) is 0 Å². The lowest BCUT2D eigenvalue weighted by molar-refractivity contribution is -0.130. The largest absolute Gasteiger partial charge is 0.333 e. The maximum Gasteiger partial charge on any atom is 0.223 e. The summed E-state index contributed by atoms with van der Waals surface area (Å²) in [4.78, 5) is 13.7. The zero-order chi connectivity index (χ0) is 9.10. The fourth-order valence-electron chi connectivity index (χ4n) is 2.20. The van der Waals surface area contributed by atoms with Gasteiger partial charge in [-0.1, -0.05) is 12.8 Å². The normalized spacial score (nSPS) is 24.2. The summed E-state index contributed by atoms with van der Waals surface area (Å²) in [7, 11) is 0. The molecular formula is C10H17NOS. The smallest absolute Gasteiger partial charge is 0.223 e. The van der Waals surface area contributed by atoms with Crippen LogP contribution in [-0.4, -0.2) is 29.0 Å². The van der Waals surface area contributed by atoms with Crippen molar-refractivity contribution < 1.29 is 4.79 Å². The highest BCUT2D eigenvalue weighted by atomic mass is 32.2. The first-order chi connectivity index (χ1) is 6.36. The van der Waals surface area contributed by atoms with Gasteiger partial charge in [0.15, 0.2) is 0 Å². The molecule has 13 heavy (non-hydrogen) atoms. The predicted octanol–water partition coefficient (Wildman–Crippen LogP) is 2.10. The van der Waals surface area contributed by atoms with Gasteiger partial charge in [-0.15, -0.1) is 11.8 Å². The van der Waals surface area contributed by atoms with Gasteiger partial charge in [-0.3, -0.25) is 4.79 Å². The first-order valence-electron chi connectivity index (χ1n) is 5.22. The molecule has 0 aromatic heterocycles. The van der Waals surface area contributed by atoms with Crippen LogP contribution in [0, 0.1) is 5.92 Å². The van der Waals surface area contributed by atoms with Crippen molar-refractivity contribution in [1.29, 1.82) is 0 Å². The fraction of sp³-hybridized carbons (Fsp3) is 0.900. The molecule has 74 valence electrons. The molecule has 1 aliphatic carbocycles. The number of nitrogens with zero attached hydrogens (tertiary/aromatic N) is 1.